The number of amides is 1. The van der Waals surface area contributed by atoms with E-state index in [1.807, 2.05) is 37.3 Å². The van der Waals surface area contributed by atoms with Crippen LogP contribution in [0.25, 0.3) is 0 Å². The Morgan fingerprint density at radius 3 is 2.46 bits per heavy atom. The van der Waals surface area contributed by atoms with Crippen molar-refractivity contribution in [1.29, 1.82) is 0 Å². The SMILES string of the molecule is COc1ccccc1N1CCN(C(=O)COC(=O)c2ccc(C)s2)CC1. The van der Waals surface area contributed by atoms with Crippen LogP contribution >= 0.6 is 11.3 Å². The zero-order valence-corrected chi connectivity index (χ0v) is 15.8. The van der Waals surface area contributed by atoms with Gasteiger partial charge in [0.15, 0.2) is 6.61 Å². The molecule has 1 saturated heterocycles. The number of benzene rings is 1. The van der Waals surface area contributed by atoms with Gasteiger partial charge in [0.25, 0.3) is 5.91 Å². The fourth-order valence-corrected chi connectivity index (χ4v) is 3.68. The van der Waals surface area contributed by atoms with Crippen LogP contribution in [0, 0.1) is 6.92 Å². The molecule has 0 aliphatic carbocycles. The van der Waals surface area contributed by atoms with E-state index in [-0.39, 0.29) is 12.5 Å². The summed E-state index contributed by atoms with van der Waals surface area (Å²) < 4.78 is 10.6. The molecular formula is C19H22N2O4S. The fourth-order valence-electron chi connectivity index (χ4n) is 2.92. The van der Waals surface area contributed by atoms with E-state index in [1.165, 1.54) is 11.3 Å². The minimum atomic E-state index is -0.441. The normalized spacial score (nSPS) is 14.2. The number of thiophene rings is 1. The van der Waals surface area contributed by atoms with Crippen LogP contribution in [0.4, 0.5) is 5.69 Å². The predicted octanol–water partition coefficient (Wildman–Crippen LogP) is 2.57. The van der Waals surface area contributed by atoms with E-state index >= 15 is 0 Å². The summed E-state index contributed by atoms with van der Waals surface area (Å²) in [5, 5.41) is 0. The van der Waals surface area contributed by atoms with E-state index in [1.54, 1.807) is 18.1 Å². The summed E-state index contributed by atoms with van der Waals surface area (Å²) in [6.07, 6.45) is 0. The number of ether oxygens (including phenoxy) is 2. The predicted molar refractivity (Wildman–Crippen MR) is 101 cm³/mol. The molecule has 2 heterocycles. The number of piperazine rings is 1. The smallest absolute Gasteiger partial charge is 0.348 e. The van der Waals surface area contributed by atoms with Crippen molar-refractivity contribution in [3.63, 3.8) is 0 Å². The first kappa shape index (κ1) is 18.3. The van der Waals surface area contributed by atoms with Crippen molar-refractivity contribution in [1.82, 2.24) is 4.90 Å². The molecule has 0 spiro atoms. The second kappa shape index (κ2) is 8.23. The zero-order chi connectivity index (χ0) is 18.5. The van der Waals surface area contributed by atoms with Crippen molar-refractivity contribution in [2.45, 2.75) is 6.92 Å². The highest BCUT2D eigenvalue weighted by molar-refractivity contribution is 7.13. The number of methoxy groups -OCH3 is 1. The molecule has 1 aromatic carbocycles. The van der Waals surface area contributed by atoms with Crippen molar-refractivity contribution in [2.75, 3.05) is 44.8 Å². The van der Waals surface area contributed by atoms with E-state index in [0.717, 1.165) is 16.3 Å². The van der Waals surface area contributed by atoms with Crippen LogP contribution in [-0.4, -0.2) is 56.7 Å². The largest absolute Gasteiger partial charge is 0.495 e. The number of hydrogen-bond acceptors (Lipinski definition) is 6. The summed E-state index contributed by atoms with van der Waals surface area (Å²) >= 11 is 1.37. The van der Waals surface area contributed by atoms with Crippen molar-refractivity contribution in [3.05, 3.63) is 46.2 Å². The van der Waals surface area contributed by atoms with E-state index in [4.69, 9.17) is 9.47 Å². The Hall–Kier alpha value is -2.54. The van der Waals surface area contributed by atoms with Gasteiger partial charge >= 0.3 is 5.97 Å². The van der Waals surface area contributed by atoms with E-state index in [0.29, 0.717) is 31.1 Å². The lowest BCUT2D eigenvalue weighted by molar-refractivity contribution is -0.134. The van der Waals surface area contributed by atoms with Gasteiger partial charge in [-0.2, -0.15) is 0 Å². The van der Waals surface area contributed by atoms with Gasteiger partial charge in [0.2, 0.25) is 0 Å². The summed E-state index contributed by atoms with van der Waals surface area (Å²) in [4.78, 5) is 29.8. The first-order chi connectivity index (χ1) is 12.6. The molecule has 6 nitrogen and oxygen atoms in total. The van der Waals surface area contributed by atoms with Crippen LogP contribution in [0.3, 0.4) is 0 Å². The fraction of sp³-hybridized carbons (Fsp3) is 0.368. The van der Waals surface area contributed by atoms with Crippen LogP contribution in [0.1, 0.15) is 14.5 Å². The zero-order valence-electron chi connectivity index (χ0n) is 14.9. The van der Waals surface area contributed by atoms with Gasteiger partial charge in [-0.05, 0) is 31.2 Å². The molecule has 2 aromatic rings. The van der Waals surface area contributed by atoms with E-state index < -0.39 is 5.97 Å². The van der Waals surface area contributed by atoms with E-state index in [9.17, 15) is 9.59 Å². The molecule has 0 unspecified atom stereocenters. The molecule has 1 aliphatic rings. The highest BCUT2D eigenvalue weighted by Gasteiger charge is 2.23. The number of esters is 1. The minimum absolute atomic E-state index is 0.161. The van der Waals surface area contributed by atoms with Crippen LogP contribution in [0.15, 0.2) is 36.4 Å². The van der Waals surface area contributed by atoms with Crippen LogP contribution < -0.4 is 9.64 Å². The quantitative estimate of drug-likeness (QED) is 0.753. The average molecular weight is 374 g/mol. The molecule has 1 aliphatic heterocycles. The number of nitrogens with zero attached hydrogens (tertiary/aromatic N) is 2. The first-order valence-corrected chi connectivity index (χ1v) is 9.29. The molecule has 7 heteroatoms. The first-order valence-electron chi connectivity index (χ1n) is 8.48. The standard InChI is InChI=1S/C19H22N2O4S/c1-14-7-8-17(26-14)19(23)25-13-18(22)21-11-9-20(10-12-21)15-5-3-4-6-16(15)24-2/h3-8H,9-13H2,1-2H3. The summed E-state index contributed by atoms with van der Waals surface area (Å²) in [6, 6.07) is 11.4. The van der Waals surface area contributed by atoms with Crippen LogP contribution in [0.5, 0.6) is 5.75 Å². The van der Waals surface area contributed by atoms with Gasteiger partial charge in [-0.3, -0.25) is 4.79 Å². The third kappa shape index (κ3) is 4.16. The lowest BCUT2D eigenvalue weighted by Gasteiger charge is -2.36. The molecule has 1 aromatic heterocycles. The van der Waals surface area contributed by atoms with Crippen molar-refractivity contribution < 1.29 is 19.1 Å². The molecule has 26 heavy (non-hydrogen) atoms. The maximum absolute atomic E-state index is 12.3. The Morgan fingerprint density at radius 2 is 1.81 bits per heavy atom. The number of aryl methyl sites for hydroxylation is 1. The molecule has 0 radical (unpaired) electrons. The maximum atomic E-state index is 12.3. The summed E-state index contributed by atoms with van der Waals surface area (Å²) in [6.45, 7) is 4.31. The molecule has 0 saturated carbocycles. The average Bonchev–Trinajstić information content (AvgIpc) is 3.12. The maximum Gasteiger partial charge on any atom is 0.348 e. The second-order valence-electron chi connectivity index (χ2n) is 6.03. The summed E-state index contributed by atoms with van der Waals surface area (Å²) in [5.41, 5.74) is 1.03. The molecule has 138 valence electrons. The topological polar surface area (TPSA) is 59.1 Å². The monoisotopic (exact) mass is 374 g/mol. The number of carbonyl (C=O) groups is 2. The number of rotatable bonds is 5. The summed E-state index contributed by atoms with van der Waals surface area (Å²) in [5.74, 6) is 0.225. The Balaban J connectivity index is 1.50. The van der Waals surface area contributed by atoms with Crippen LogP contribution in [0.2, 0.25) is 0 Å². The van der Waals surface area contributed by atoms with Gasteiger partial charge in [0.1, 0.15) is 10.6 Å². The van der Waals surface area contributed by atoms with Crippen molar-refractivity contribution >= 4 is 28.9 Å². The van der Waals surface area contributed by atoms with E-state index in [2.05, 4.69) is 4.90 Å². The molecule has 0 bridgehead atoms. The van der Waals surface area contributed by atoms with Gasteiger partial charge in [0, 0.05) is 31.1 Å². The van der Waals surface area contributed by atoms with Gasteiger partial charge < -0.3 is 19.3 Å². The Bertz CT molecular complexity index is 781. The number of anilines is 1. The van der Waals surface area contributed by atoms with Gasteiger partial charge in [0.05, 0.1) is 12.8 Å². The highest BCUT2D eigenvalue weighted by Crippen LogP contribution is 2.28. The van der Waals surface area contributed by atoms with Crippen molar-refractivity contribution in [2.24, 2.45) is 0 Å². The second-order valence-corrected chi connectivity index (χ2v) is 7.31. The minimum Gasteiger partial charge on any atom is -0.495 e. The Labute approximate surface area is 156 Å². The molecule has 1 fully saturated rings. The molecule has 0 atom stereocenters. The van der Waals surface area contributed by atoms with Gasteiger partial charge in [-0.25, -0.2) is 4.79 Å². The Kier molecular flexibility index (Phi) is 5.78. The third-order valence-electron chi connectivity index (χ3n) is 4.33. The lowest BCUT2D eigenvalue weighted by atomic mass is 10.2. The summed E-state index contributed by atoms with van der Waals surface area (Å²) in [7, 11) is 1.65. The number of para-hydroxylation sites is 2. The van der Waals surface area contributed by atoms with Crippen LogP contribution in [-0.2, 0) is 9.53 Å². The number of hydrogen-bond donors (Lipinski definition) is 0. The van der Waals surface area contributed by atoms with Crippen molar-refractivity contribution in [3.8, 4) is 5.75 Å². The van der Waals surface area contributed by atoms with Gasteiger partial charge in [-0.15, -0.1) is 11.3 Å². The molecule has 3 rings (SSSR count). The molecule has 1 amide bonds. The molecule has 0 N–H and O–H groups in total. The number of carbonyl (C=O) groups excluding carboxylic acids is 2. The van der Waals surface area contributed by atoms with Gasteiger partial charge in [-0.1, -0.05) is 12.1 Å². The highest BCUT2D eigenvalue weighted by atomic mass is 32.1. The third-order valence-corrected chi connectivity index (χ3v) is 5.31. The molecular weight excluding hydrogens is 352 g/mol. The Morgan fingerprint density at radius 1 is 1.08 bits per heavy atom. The lowest BCUT2D eigenvalue weighted by Crippen LogP contribution is -2.50.